The van der Waals surface area contributed by atoms with Crippen LogP contribution in [0.3, 0.4) is 0 Å². The number of rotatable bonds is 3. The van der Waals surface area contributed by atoms with Crippen LogP contribution in [0.2, 0.25) is 0 Å². The Hall–Kier alpha value is -1.83. The number of aromatic nitrogens is 1. The Kier molecular flexibility index (Phi) is 4.36. The first-order valence-electron chi connectivity index (χ1n) is 6.66. The van der Waals surface area contributed by atoms with Crippen molar-refractivity contribution < 1.29 is 18.0 Å². The first kappa shape index (κ1) is 15.6. The van der Waals surface area contributed by atoms with E-state index in [4.69, 9.17) is 11.5 Å². The molecule has 1 amide bonds. The molecule has 5 nitrogen and oxygen atoms in total. The van der Waals surface area contributed by atoms with Gasteiger partial charge in [-0.2, -0.15) is 13.2 Å². The smallest absolute Gasteiger partial charge is 0.365 e. The highest BCUT2D eigenvalue weighted by Crippen LogP contribution is 2.31. The second kappa shape index (κ2) is 5.88. The second-order valence-corrected chi connectivity index (χ2v) is 5.10. The fourth-order valence-electron chi connectivity index (χ4n) is 2.42. The van der Waals surface area contributed by atoms with Gasteiger partial charge in [-0.25, -0.2) is 4.98 Å². The van der Waals surface area contributed by atoms with Gasteiger partial charge in [0.2, 0.25) is 0 Å². The number of halogens is 3. The van der Waals surface area contributed by atoms with Gasteiger partial charge in [0.05, 0.1) is 5.56 Å². The van der Waals surface area contributed by atoms with Gasteiger partial charge in [0.1, 0.15) is 11.5 Å². The van der Waals surface area contributed by atoms with Crippen molar-refractivity contribution in [2.24, 2.45) is 17.4 Å². The number of nitrogens with two attached hydrogens (primary N) is 2. The van der Waals surface area contributed by atoms with Crippen LogP contribution < -0.4 is 16.4 Å². The van der Waals surface area contributed by atoms with E-state index in [-0.39, 0.29) is 11.4 Å². The zero-order valence-corrected chi connectivity index (χ0v) is 11.4. The topological polar surface area (TPSA) is 85.2 Å². The van der Waals surface area contributed by atoms with Crippen LogP contribution in [0.15, 0.2) is 12.1 Å². The number of amides is 1. The summed E-state index contributed by atoms with van der Waals surface area (Å²) in [7, 11) is 0. The molecule has 0 aliphatic carbocycles. The Balaban J connectivity index is 2.33. The maximum absolute atomic E-state index is 12.8. The van der Waals surface area contributed by atoms with Crippen LogP contribution >= 0.6 is 0 Å². The molecule has 0 aromatic carbocycles. The lowest BCUT2D eigenvalue weighted by atomic mass is 9.97. The van der Waals surface area contributed by atoms with Gasteiger partial charge >= 0.3 is 6.18 Å². The maximum atomic E-state index is 12.8. The molecule has 0 unspecified atom stereocenters. The van der Waals surface area contributed by atoms with Crippen molar-refractivity contribution in [1.82, 2.24) is 4.98 Å². The molecule has 0 bridgehead atoms. The predicted molar refractivity (Wildman–Crippen MR) is 71.7 cm³/mol. The lowest BCUT2D eigenvalue weighted by molar-refractivity contribution is -0.141. The molecular weight excluding hydrogens is 285 g/mol. The number of alkyl halides is 3. The van der Waals surface area contributed by atoms with E-state index in [2.05, 4.69) is 4.98 Å². The summed E-state index contributed by atoms with van der Waals surface area (Å²) in [4.78, 5) is 16.7. The van der Waals surface area contributed by atoms with Crippen LogP contribution in [0.1, 0.15) is 28.9 Å². The lowest BCUT2D eigenvalue weighted by Gasteiger charge is -2.33. The van der Waals surface area contributed by atoms with E-state index in [9.17, 15) is 18.0 Å². The molecule has 1 aromatic rings. The van der Waals surface area contributed by atoms with Gasteiger partial charge in [-0.15, -0.1) is 0 Å². The monoisotopic (exact) mass is 302 g/mol. The lowest BCUT2D eigenvalue weighted by Crippen LogP contribution is -2.38. The summed E-state index contributed by atoms with van der Waals surface area (Å²) in [5, 5.41) is 0. The van der Waals surface area contributed by atoms with E-state index in [0.29, 0.717) is 25.6 Å². The van der Waals surface area contributed by atoms with E-state index in [1.54, 1.807) is 4.90 Å². The summed E-state index contributed by atoms with van der Waals surface area (Å²) < 4.78 is 38.3. The van der Waals surface area contributed by atoms with Gasteiger partial charge in [-0.05, 0) is 37.4 Å². The fraction of sp³-hybridized carbons (Fsp3) is 0.538. The van der Waals surface area contributed by atoms with Crippen molar-refractivity contribution >= 4 is 11.7 Å². The van der Waals surface area contributed by atoms with Crippen LogP contribution in [0.25, 0.3) is 0 Å². The summed E-state index contributed by atoms with van der Waals surface area (Å²) in [5.41, 5.74) is 9.80. The minimum absolute atomic E-state index is 0.00722. The number of nitrogens with zero attached hydrogens (tertiary/aromatic N) is 2. The summed E-state index contributed by atoms with van der Waals surface area (Å²) in [6.45, 7) is 1.57. The third-order valence-corrected chi connectivity index (χ3v) is 3.68. The van der Waals surface area contributed by atoms with Crippen molar-refractivity contribution in [3.63, 3.8) is 0 Å². The molecule has 0 spiro atoms. The Labute approximate surface area is 120 Å². The Morgan fingerprint density at radius 3 is 2.43 bits per heavy atom. The van der Waals surface area contributed by atoms with Crippen molar-refractivity contribution in [2.45, 2.75) is 19.0 Å². The van der Waals surface area contributed by atoms with E-state index in [0.717, 1.165) is 25.0 Å². The molecule has 0 atom stereocenters. The van der Waals surface area contributed by atoms with Crippen LogP contribution in [0, 0.1) is 5.92 Å². The number of pyridine rings is 1. The highest BCUT2D eigenvalue weighted by atomic mass is 19.4. The highest BCUT2D eigenvalue weighted by Gasteiger charge is 2.34. The number of primary amides is 1. The predicted octanol–water partition coefficient (Wildman–Crippen LogP) is 1.37. The standard InChI is InChI=1S/C13H17F3N4O/c14-13(15,16)10-2-1-9(11(18)21)12(19-10)20-5-3-8(7-17)4-6-20/h1-2,8H,3-7,17H2,(H2,18,21). The summed E-state index contributed by atoms with van der Waals surface area (Å²) >= 11 is 0. The molecule has 21 heavy (non-hydrogen) atoms. The molecule has 4 N–H and O–H groups in total. The maximum Gasteiger partial charge on any atom is 0.433 e. The highest BCUT2D eigenvalue weighted by molar-refractivity contribution is 5.97. The molecule has 8 heteroatoms. The first-order valence-corrected chi connectivity index (χ1v) is 6.66. The molecule has 2 rings (SSSR count). The van der Waals surface area contributed by atoms with Crippen molar-refractivity contribution in [1.29, 1.82) is 0 Å². The average Bonchev–Trinajstić information content (AvgIpc) is 2.45. The largest absolute Gasteiger partial charge is 0.433 e. The Morgan fingerprint density at radius 1 is 1.33 bits per heavy atom. The molecular formula is C13H17F3N4O. The molecule has 1 aliphatic heterocycles. The second-order valence-electron chi connectivity index (χ2n) is 5.10. The molecule has 1 aromatic heterocycles. The molecule has 116 valence electrons. The molecule has 1 aliphatic rings. The van der Waals surface area contributed by atoms with E-state index < -0.39 is 17.8 Å². The number of anilines is 1. The summed E-state index contributed by atoms with van der Waals surface area (Å²) in [6.07, 6.45) is -3.04. The summed E-state index contributed by atoms with van der Waals surface area (Å²) in [6, 6.07) is 1.86. The van der Waals surface area contributed by atoms with Crippen LogP contribution in [-0.2, 0) is 6.18 Å². The third-order valence-electron chi connectivity index (χ3n) is 3.68. The van der Waals surface area contributed by atoms with Crippen LogP contribution in [0.4, 0.5) is 19.0 Å². The van der Waals surface area contributed by atoms with E-state index in [1.807, 2.05) is 0 Å². The Bertz CT molecular complexity index is 525. The number of piperidine rings is 1. The molecule has 2 heterocycles. The minimum Gasteiger partial charge on any atom is -0.365 e. The van der Waals surface area contributed by atoms with Gasteiger partial charge in [-0.1, -0.05) is 0 Å². The number of hydrogen-bond acceptors (Lipinski definition) is 4. The summed E-state index contributed by atoms with van der Waals surface area (Å²) in [5.74, 6) is -0.427. The van der Waals surface area contributed by atoms with Crippen molar-refractivity contribution in [3.8, 4) is 0 Å². The van der Waals surface area contributed by atoms with Crippen LogP contribution in [0.5, 0.6) is 0 Å². The number of carbonyl (C=O) groups is 1. The van der Waals surface area contributed by atoms with E-state index >= 15 is 0 Å². The van der Waals surface area contributed by atoms with Crippen molar-refractivity contribution in [2.75, 3.05) is 24.5 Å². The zero-order valence-electron chi connectivity index (χ0n) is 11.4. The molecule has 1 fully saturated rings. The average molecular weight is 302 g/mol. The SMILES string of the molecule is NCC1CCN(c2nc(C(F)(F)F)ccc2C(N)=O)CC1. The van der Waals surface area contributed by atoms with Gasteiger partial charge in [0.25, 0.3) is 5.91 Å². The van der Waals surface area contributed by atoms with Gasteiger partial charge in [0, 0.05) is 13.1 Å². The quantitative estimate of drug-likeness (QED) is 0.883. The van der Waals surface area contributed by atoms with E-state index in [1.165, 1.54) is 0 Å². The molecule has 0 radical (unpaired) electrons. The Morgan fingerprint density at radius 2 is 1.95 bits per heavy atom. The number of carbonyl (C=O) groups excluding carboxylic acids is 1. The molecule has 0 saturated carbocycles. The van der Waals surface area contributed by atoms with Gasteiger partial charge in [-0.3, -0.25) is 4.79 Å². The van der Waals surface area contributed by atoms with Gasteiger partial charge in [0.15, 0.2) is 0 Å². The number of hydrogen-bond donors (Lipinski definition) is 2. The molecule has 1 saturated heterocycles. The first-order chi connectivity index (χ1) is 9.82. The van der Waals surface area contributed by atoms with Crippen LogP contribution in [-0.4, -0.2) is 30.5 Å². The van der Waals surface area contributed by atoms with Gasteiger partial charge < -0.3 is 16.4 Å². The normalized spacial score (nSPS) is 17.0. The minimum atomic E-state index is -4.56. The van der Waals surface area contributed by atoms with Crippen molar-refractivity contribution in [3.05, 3.63) is 23.4 Å². The zero-order chi connectivity index (χ0) is 15.6. The third kappa shape index (κ3) is 3.44. The fourth-order valence-corrected chi connectivity index (χ4v) is 2.42.